The normalized spacial score (nSPS) is 18.2. The Morgan fingerprint density at radius 2 is 1.06 bits per heavy atom. The highest BCUT2D eigenvalue weighted by atomic mass is 32.3. The molecule has 0 spiro atoms. The van der Waals surface area contributed by atoms with E-state index in [1.54, 1.807) is 6.92 Å². The Morgan fingerprint density at radius 1 is 0.657 bits per heavy atom. The van der Waals surface area contributed by atoms with E-state index in [9.17, 15) is 8.42 Å². The van der Waals surface area contributed by atoms with Gasteiger partial charge in [0.15, 0.2) is 0 Å². The van der Waals surface area contributed by atoms with Gasteiger partial charge in [0.05, 0.1) is 6.10 Å². The monoisotopic (exact) mass is 527 g/mol. The number of aliphatic hydroxyl groups excluding tert-OH is 3. The molecule has 9 heteroatoms. The van der Waals surface area contributed by atoms with E-state index in [2.05, 4.69) is 31.9 Å². The molecule has 4 N–H and O–H groups in total. The van der Waals surface area contributed by atoms with E-state index >= 15 is 0 Å². The SMILES string of the molecule is CC(O)N(C(C)O)C(C)O.CCCCCCCCCC(C)CC(C)CC(C)CC(C)OS(=O)(=O)O. The summed E-state index contributed by atoms with van der Waals surface area (Å²) in [6, 6.07) is 0. The van der Waals surface area contributed by atoms with E-state index in [-0.39, 0.29) is 0 Å². The molecule has 0 saturated heterocycles. The first-order valence-corrected chi connectivity index (χ1v) is 14.9. The zero-order valence-corrected chi connectivity index (χ0v) is 24.5. The highest BCUT2D eigenvalue weighted by Gasteiger charge is 2.20. The minimum absolute atomic E-state index is 0.387. The summed E-state index contributed by atoms with van der Waals surface area (Å²) in [5, 5.41) is 26.9. The number of hydrogen-bond acceptors (Lipinski definition) is 7. The molecule has 8 nitrogen and oxygen atoms in total. The van der Waals surface area contributed by atoms with Crippen LogP contribution in [0.5, 0.6) is 0 Å². The van der Waals surface area contributed by atoms with Crippen molar-refractivity contribution in [2.45, 2.75) is 151 Å². The Kier molecular flexibility index (Phi) is 21.8. The van der Waals surface area contributed by atoms with Crippen molar-refractivity contribution in [1.82, 2.24) is 4.90 Å². The molecule has 0 aromatic rings. The smallest absolute Gasteiger partial charge is 0.379 e. The van der Waals surface area contributed by atoms with Gasteiger partial charge in [0.1, 0.15) is 18.7 Å². The van der Waals surface area contributed by atoms with Crippen LogP contribution < -0.4 is 0 Å². The minimum atomic E-state index is -4.34. The molecule has 7 unspecified atom stereocenters. The van der Waals surface area contributed by atoms with Gasteiger partial charge < -0.3 is 15.3 Å². The van der Waals surface area contributed by atoms with Crippen molar-refractivity contribution in [3.05, 3.63) is 0 Å². The fourth-order valence-electron chi connectivity index (χ4n) is 4.88. The maximum atomic E-state index is 10.7. The number of hydrogen-bond donors (Lipinski definition) is 4. The van der Waals surface area contributed by atoms with Gasteiger partial charge in [-0.2, -0.15) is 8.42 Å². The van der Waals surface area contributed by atoms with Crippen LogP contribution in [0.1, 0.15) is 126 Å². The molecule has 0 amide bonds. The van der Waals surface area contributed by atoms with Crippen LogP contribution in [0.4, 0.5) is 0 Å². The second kappa shape index (κ2) is 20.7. The first-order chi connectivity index (χ1) is 16.1. The largest absolute Gasteiger partial charge is 0.397 e. The molecule has 0 rings (SSSR count). The van der Waals surface area contributed by atoms with Crippen LogP contribution in [0.2, 0.25) is 0 Å². The van der Waals surface area contributed by atoms with Crippen LogP contribution in [0, 0.1) is 17.8 Å². The van der Waals surface area contributed by atoms with Gasteiger partial charge in [-0.25, -0.2) is 9.08 Å². The standard InChI is InChI=1S/C20H42O4S.C6H15NO3/c1-6-7-8-9-10-11-12-13-17(2)14-18(3)15-19(4)16-20(5)24-25(21,22)23;1-4(8)7(5(2)9)6(3)10/h17-20H,6-16H2,1-5H3,(H,21,22,23);4-6,8-10H,1-3H3. The van der Waals surface area contributed by atoms with Crippen LogP contribution >= 0.6 is 0 Å². The molecule has 35 heavy (non-hydrogen) atoms. The van der Waals surface area contributed by atoms with Crippen LogP contribution in [-0.2, 0) is 14.6 Å². The lowest BCUT2D eigenvalue weighted by molar-refractivity contribution is -0.159. The van der Waals surface area contributed by atoms with Gasteiger partial charge in [0, 0.05) is 0 Å². The van der Waals surface area contributed by atoms with E-state index < -0.39 is 35.2 Å². The zero-order valence-electron chi connectivity index (χ0n) is 23.7. The Morgan fingerprint density at radius 3 is 1.46 bits per heavy atom. The lowest BCUT2D eigenvalue weighted by atomic mass is 9.86. The molecule has 0 aliphatic heterocycles. The molecule has 0 fully saturated rings. The third kappa shape index (κ3) is 23.8. The Balaban J connectivity index is 0. The molecule has 7 atom stereocenters. The highest BCUT2D eigenvalue weighted by molar-refractivity contribution is 7.80. The van der Waals surface area contributed by atoms with Crippen molar-refractivity contribution in [2.24, 2.45) is 17.8 Å². The van der Waals surface area contributed by atoms with Crippen molar-refractivity contribution in [3.8, 4) is 0 Å². The predicted octanol–water partition coefficient (Wildman–Crippen LogP) is 5.72. The fourth-order valence-corrected chi connectivity index (χ4v) is 5.38. The van der Waals surface area contributed by atoms with Crippen molar-refractivity contribution >= 4 is 10.4 Å². The molecule has 0 saturated carbocycles. The second-order valence-corrected chi connectivity index (χ2v) is 11.7. The summed E-state index contributed by atoms with van der Waals surface area (Å²) in [7, 11) is -4.34. The molecule has 0 aromatic heterocycles. The quantitative estimate of drug-likeness (QED) is 0.0954. The molecular weight excluding hydrogens is 470 g/mol. The van der Waals surface area contributed by atoms with Crippen molar-refractivity contribution in [3.63, 3.8) is 0 Å². The molecule has 0 heterocycles. The number of unbranched alkanes of at least 4 members (excludes halogenated alkanes) is 6. The van der Waals surface area contributed by atoms with Gasteiger partial charge in [-0.1, -0.05) is 79.1 Å². The summed E-state index contributed by atoms with van der Waals surface area (Å²) < 4.78 is 34.8. The lowest BCUT2D eigenvalue weighted by Gasteiger charge is -2.30. The van der Waals surface area contributed by atoms with Crippen LogP contribution in [0.15, 0.2) is 0 Å². The average Bonchev–Trinajstić information content (AvgIpc) is 2.64. The van der Waals surface area contributed by atoms with Crippen molar-refractivity contribution < 1.29 is 32.5 Å². The summed E-state index contributed by atoms with van der Waals surface area (Å²) in [4.78, 5) is 1.17. The maximum Gasteiger partial charge on any atom is 0.397 e. The van der Waals surface area contributed by atoms with E-state index in [0.29, 0.717) is 18.3 Å². The van der Waals surface area contributed by atoms with Crippen LogP contribution in [0.25, 0.3) is 0 Å². The van der Waals surface area contributed by atoms with Gasteiger partial charge in [0.25, 0.3) is 0 Å². The van der Waals surface area contributed by atoms with Gasteiger partial charge >= 0.3 is 10.4 Å². The lowest BCUT2D eigenvalue weighted by Crippen LogP contribution is -2.45. The Labute approximate surface area is 216 Å². The first-order valence-electron chi connectivity index (χ1n) is 13.6. The summed E-state index contributed by atoms with van der Waals surface area (Å²) in [6.07, 6.45) is 10.8. The van der Waals surface area contributed by atoms with Crippen molar-refractivity contribution in [2.75, 3.05) is 0 Å². The van der Waals surface area contributed by atoms with Gasteiger partial charge in [-0.15, -0.1) is 0 Å². The average molecular weight is 528 g/mol. The van der Waals surface area contributed by atoms with Crippen LogP contribution in [-0.4, -0.2) is 58.0 Å². The van der Waals surface area contributed by atoms with E-state index in [4.69, 9.17) is 19.9 Å². The van der Waals surface area contributed by atoms with Gasteiger partial charge in [0.2, 0.25) is 0 Å². The molecule has 0 bridgehead atoms. The van der Waals surface area contributed by atoms with E-state index in [1.165, 1.54) is 83.5 Å². The highest BCUT2D eigenvalue weighted by Crippen LogP contribution is 2.26. The Bertz CT molecular complexity index is 565. The van der Waals surface area contributed by atoms with E-state index in [1.807, 2.05) is 0 Å². The predicted molar refractivity (Wildman–Crippen MR) is 143 cm³/mol. The summed E-state index contributed by atoms with van der Waals surface area (Å²) in [5.74, 6) is 1.77. The topological polar surface area (TPSA) is 128 Å². The third-order valence-electron chi connectivity index (χ3n) is 6.22. The van der Waals surface area contributed by atoms with E-state index in [0.717, 1.165) is 12.3 Å². The molecule has 0 aliphatic rings. The molecular formula is C26H57NO7S. The summed E-state index contributed by atoms with van der Waals surface area (Å²) in [5.41, 5.74) is 0. The van der Waals surface area contributed by atoms with Crippen molar-refractivity contribution in [1.29, 1.82) is 0 Å². The van der Waals surface area contributed by atoms with Gasteiger partial charge in [-0.05, 0) is 64.7 Å². The summed E-state index contributed by atoms with van der Waals surface area (Å²) in [6.45, 7) is 15.2. The number of rotatable bonds is 19. The molecule has 0 aromatic carbocycles. The fraction of sp³-hybridized carbons (Fsp3) is 1.00. The van der Waals surface area contributed by atoms with Crippen LogP contribution in [0.3, 0.4) is 0 Å². The zero-order chi connectivity index (χ0) is 27.6. The third-order valence-corrected chi connectivity index (χ3v) is 6.80. The maximum absolute atomic E-state index is 10.7. The van der Waals surface area contributed by atoms with Gasteiger partial charge in [-0.3, -0.25) is 4.55 Å². The number of nitrogens with zero attached hydrogens (tertiary/aromatic N) is 1. The first kappa shape index (κ1) is 36.9. The second-order valence-electron chi connectivity index (χ2n) is 10.6. The molecule has 0 aliphatic carbocycles. The number of aliphatic hydroxyl groups is 3. The molecule has 0 radical (unpaired) electrons. The minimum Gasteiger partial charge on any atom is -0.379 e. The summed E-state index contributed by atoms with van der Waals surface area (Å²) >= 11 is 0. The molecule has 214 valence electrons. The Hall–Kier alpha value is -0.290.